The zero-order valence-electron chi connectivity index (χ0n) is 12.7. The van der Waals surface area contributed by atoms with Crippen molar-refractivity contribution in [1.82, 2.24) is 5.32 Å². The van der Waals surface area contributed by atoms with E-state index in [1.54, 1.807) is 0 Å². The number of amides is 1. The van der Waals surface area contributed by atoms with E-state index in [1.165, 1.54) is 30.5 Å². The number of carbonyl (C=O) groups is 1. The van der Waals surface area contributed by atoms with Gasteiger partial charge in [-0.15, -0.1) is 0 Å². The Morgan fingerprint density at radius 3 is 2.45 bits per heavy atom. The number of unbranched alkanes of at least 4 members (excludes halogenated alkanes) is 1. The van der Waals surface area contributed by atoms with Gasteiger partial charge in [0, 0.05) is 13.1 Å². The molecule has 0 aromatic heterocycles. The van der Waals surface area contributed by atoms with Crippen LogP contribution in [0.2, 0.25) is 0 Å². The number of piperazine rings is 3. The van der Waals surface area contributed by atoms with E-state index in [2.05, 4.69) is 17.4 Å². The van der Waals surface area contributed by atoms with Crippen molar-refractivity contribution in [3.05, 3.63) is 0 Å². The van der Waals surface area contributed by atoms with Crippen molar-refractivity contribution in [1.29, 1.82) is 0 Å². The van der Waals surface area contributed by atoms with E-state index >= 15 is 0 Å². The number of nitrogens with two attached hydrogens (primary N) is 1. The van der Waals surface area contributed by atoms with Crippen molar-refractivity contribution in [2.24, 2.45) is 10.7 Å². The molecule has 1 amide bonds. The summed E-state index contributed by atoms with van der Waals surface area (Å²) >= 11 is 0. The van der Waals surface area contributed by atoms with Crippen LogP contribution in [-0.2, 0) is 4.79 Å². The van der Waals surface area contributed by atoms with Crippen LogP contribution >= 0.6 is 0 Å². The van der Waals surface area contributed by atoms with E-state index in [-0.39, 0.29) is 5.91 Å². The van der Waals surface area contributed by atoms with Gasteiger partial charge in [0.25, 0.3) is 5.91 Å². The van der Waals surface area contributed by atoms with Gasteiger partial charge in [-0.25, -0.2) is 0 Å². The standard InChI is InChI=1S/C14H28N5O/c1-18-6-9-19(10-7-18,11-8-18)12-14(20)17-5-3-2-4-16-13-15/h13H,2-12H2,1H3,(H2-,15,16,17,20)/q+1/p+1. The van der Waals surface area contributed by atoms with Gasteiger partial charge < -0.3 is 20.0 Å². The zero-order valence-corrected chi connectivity index (χ0v) is 12.7. The molecule has 0 aliphatic carbocycles. The first kappa shape index (κ1) is 15.3. The smallest absolute Gasteiger partial charge is 0.275 e. The molecule has 3 aliphatic rings. The van der Waals surface area contributed by atoms with E-state index in [4.69, 9.17) is 5.73 Å². The summed E-state index contributed by atoms with van der Waals surface area (Å²) in [5.74, 6) is 0.213. The topological polar surface area (TPSA) is 67.5 Å². The highest BCUT2D eigenvalue weighted by Gasteiger charge is 2.47. The van der Waals surface area contributed by atoms with E-state index in [9.17, 15) is 4.79 Å². The quantitative estimate of drug-likeness (QED) is 0.277. The Morgan fingerprint density at radius 1 is 1.20 bits per heavy atom. The fraction of sp³-hybridized carbons (Fsp3) is 0.857. The number of nitrogens with zero attached hydrogens (tertiary/aromatic N) is 3. The Hall–Kier alpha value is -1.14. The minimum atomic E-state index is 0.213. The summed E-state index contributed by atoms with van der Waals surface area (Å²) in [5.41, 5.74) is 5.17. The van der Waals surface area contributed by atoms with Gasteiger partial charge in [0.1, 0.15) is 39.3 Å². The molecule has 3 aliphatic heterocycles. The Bertz CT molecular complexity index is 344. The van der Waals surface area contributed by atoms with Crippen LogP contribution in [0.1, 0.15) is 12.8 Å². The number of likely N-dealkylation sites (N-methyl/N-ethyl adjacent to an activating group) is 1. The molecule has 0 radical (unpaired) electrons. The van der Waals surface area contributed by atoms with Crippen LogP contribution in [0.4, 0.5) is 0 Å². The fourth-order valence-electron chi connectivity index (χ4n) is 3.26. The summed E-state index contributed by atoms with van der Waals surface area (Å²) in [5, 5.41) is 3.05. The van der Waals surface area contributed by atoms with Crippen molar-refractivity contribution in [3.63, 3.8) is 0 Å². The molecule has 0 saturated carbocycles. The number of nitrogens with one attached hydrogen (secondary N) is 1. The highest BCUT2D eigenvalue weighted by Crippen LogP contribution is 2.24. The second kappa shape index (κ2) is 6.54. The fourth-order valence-corrected chi connectivity index (χ4v) is 3.26. The summed E-state index contributed by atoms with van der Waals surface area (Å²) in [6, 6.07) is 0. The van der Waals surface area contributed by atoms with Gasteiger partial charge in [0.2, 0.25) is 0 Å². The minimum absolute atomic E-state index is 0.213. The number of rotatable bonds is 7. The normalized spacial score (nSPS) is 32.6. The van der Waals surface area contributed by atoms with Crippen molar-refractivity contribution >= 4 is 12.2 Å². The number of hydrogen-bond acceptors (Lipinski definition) is 2. The molecule has 6 nitrogen and oxygen atoms in total. The number of carbonyl (C=O) groups excluding carboxylic acids is 1. The molecule has 2 bridgehead atoms. The maximum atomic E-state index is 12.1. The predicted octanol–water partition coefficient (Wildman–Crippen LogP) is -0.840. The van der Waals surface area contributed by atoms with Crippen molar-refractivity contribution in [3.8, 4) is 0 Å². The van der Waals surface area contributed by atoms with E-state index in [0.29, 0.717) is 6.54 Å². The number of aliphatic imine (C=N–C) groups is 1. The molecule has 0 atom stereocenters. The lowest BCUT2D eigenvalue weighted by Crippen LogP contribution is -2.74. The first-order chi connectivity index (χ1) is 9.58. The Labute approximate surface area is 121 Å². The van der Waals surface area contributed by atoms with Gasteiger partial charge in [0.05, 0.1) is 13.4 Å². The zero-order chi connectivity index (χ0) is 14.5. The maximum Gasteiger partial charge on any atom is 0.275 e. The third-order valence-corrected chi connectivity index (χ3v) is 4.96. The summed E-state index contributed by atoms with van der Waals surface area (Å²) in [6.45, 7) is 9.34. The monoisotopic (exact) mass is 283 g/mol. The second-order valence-corrected chi connectivity index (χ2v) is 6.57. The van der Waals surface area contributed by atoms with Crippen LogP contribution in [0.25, 0.3) is 0 Å². The van der Waals surface area contributed by atoms with Gasteiger partial charge in [-0.2, -0.15) is 0 Å². The molecule has 0 unspecified atom stereocenters. The molecule has 0 aromatic rings. The molecule has 3 heterocycles. The van der Waals surface area contributed by atoms with Crippen LogP contribution in [0.15, 0.2) is 4.99 Å². The van der Waals surface area contributed by atoms with Crippen molar-refractivity contribution in [2.75, 3.05) is 66.0 Å². The molecule has 3 rings (SSSR count). The van der Waals surface area contributed by atoms with Gasteiger partial charge in [0.15, 0.2) is 6.54 Å². The Morgan fingerprint density at radius 2 is 1.85 bits per heavy atom. The number of quaternary nitrogens is 2. The average Bonchev–Trinajstić information content (AvgIpc) is 2.44. The number of hydrogen-bond donors (Lipinski definition) is 2. The third kappa shape index (κ3) is 3.93. The molecule has 20 heavy (non-hydrogen) atoms. The van der Waals surface area contributed by atoms with Crippen LogP contribution in [0.5, 0.6) is 0 Å². The van der Waals surface area contributed by atoms with Gasteiger partial charge in [-0.05, 0) is 12.8 Å². The summed E-state index contributed by atoms with van der Waals surface area (Å²) in [4.78, 5) is 16.0. The summed E-state index contributed by atoms with van der Waals surface area (Å²) < 4.78 is 2.22. The predicted molar refractivity (Wildman–Crippen MR) is 80.3 cm³/mol. The van der Waals surface area contributed by atoms with Crippen LogP contribution < -0.4 is 11.1 Å². The molecule has 0 spiro atoms. The van der Waals surface area contributed by atoms with Crippen LogP contribution in [0, 0.1) is 0 Å². The molecular formula is C14H29N5O+2. The van der Waals surface area contributed by atoms with Crippen molar-refractivity contribution in [2.45, 2.75) is 12.8 Å². The lowest BCUT2D eigenvalue weighted by Gasteiger charge is -2.53. The maximum absolute atomic E-state index is 12.1. The molecule has 0 aromatic carbocycles. The van der Waals surface area contributed by atoms with Crippen molar-refractivity contribution < 1.29 is 13.8 Å². The van der Waals surface area contributed by atoms with Gasteiger partial charge >= 0.3 is 0 Å². The Balaban J connectivity index is 1.65. The van der Waals surface area contributed by atoms with E-state index < -0.39 is 0 Å². The number of fused-ring (bicyclic) bond motifs is 3. The minimum Gasteiger partial charge on any atom is -0.390 e. The summed E-state index contributed by atoms with van der Waals surface area (Å²) in [6.07, 6.45) is 3.29. The molecular weight excluding hydrogens is 254 g/mol. The molecule has 6 heteroatoms. The van der Waals surface area contributed by atoms with E-state index in [1.807, 2.05) is 0 Å². The lowest BCUT2D eigenvalue weighted by molar-refractivity contribution is -1.07. The second-order valence-electron chi connectivity index (χ2n) is 6.57. The SMILES string of the molecule is C[N+]12CC[N+](CC(=O)NCCCCN=CN)(CC1)CC2. The van der Waals surface area contributed by atoms with Crippen LogP contribution in [0.3, 0.4) is 0 Å². The highest BCUT2D eigenvalue weighted by molar-refractivity contribution is 5.77. The van der Waals surface area contributed by atoms with E-state index in [0.717, 1.165) is 50.0 Å². The molecule has 3 saturated heterocycles. The highest BCUT2D eigenvalue weighted by atomic mass is 16.2. The lowest BCUT2D eigenvalue weighted by atomic mass is 10.1. The summed E-state index contributed by atoms with van der Waals surface area (Å²) in [7, 11) is 2.34. The average molecular weight is 283 g/mol. The van der Waals surface area contributed by atoms with Gasteiger partial charge in [-0.1, -0.05) is 0 Å². The molecule has 3 N–H and O–H groups in total. The third-order valence-electron chi connectivity index (χ3n) is 4.96. The largest absolute Gasteiger partial charge is 0.390 e. The first-order valence-corrected chi connectivity index (χ1v) is 7.73. The van der Waals surface area contributed by atoms with Crippen LogP contribution in [-0.4, -0.2) is 87.2 Å². The molecule has 3 fully saturated rings. The Kier molecular flexibility index (Phi) is 4.99. The first-order valence-electron chi connectivity index (χ1n) is 7.73. The molecule has 114 valence electrons. The van der Waals surface area contributed by atoms with Gasteiger partial charge in [-0.3, -0.25) is 9.79 Å².